The normalized spacial score (nSPS) is 12.4. The first-order chi connectivity index (χ1) is 13.4. The van der Waals surface area contributed by atoms with E-state index in [9.17, 15) is 9.59 Å². The molecule has 6 nitrogen and oxygen atoms in total. The van der Waals surface area contributed by atoms with E-state index in [2.05, 4.69) is 26.2 Å². The van der Waals surface area contributed by atoms with E-state index in [0.29, 0.717) is 5.65 Å². The van der Waals surface area contributed by atoms with Gasteiger partial charge in [0.2, 0.25) is 5.91 Å². The second-order valence-electron chi connectivity index (χ2n) is 6.86. The Kier molecular flexibility index (Phi) is 4.55. The van der Waals surface area contributed by atoms with Crippen LogP contribution < -0.4 is 10.9 Å². The molecule has 4 aromatic rings. The van der Waals surface area contributed by atoms with Crippen molar-refractivity contribution < 1.29 is 4.79 Å². The van der Waals surface area contributed by atoms with Gasteiger partial charge in [0, 0.05) is 27.3 Å². The van der Waals surface area contributed by atoms with Gasteiger partial charge >= 0.3 is 0 Å². The van der Waals surface area contributed by atoms with Crippen molar-refractivity contribution in [3.05, 3.63) is 74.6 Å². The lowest BCUT2D eigenvalue weighted by molar-refractivity contribution is -0.119. The fourth-order valence-corrected chi connectivity index (χ4v) is 3.72. The molecule has 0 unspecified atom stereocenters. The number of carbonyl (C=O) groups excluding carboxylic acids is 1. The average Bonchev–Trinajstić information content (AvgIpc) is 2.99. The van der Waals surface area contributed by atoms with Crippen molar-refractivity contribution in [2.75, 3.05) is 5.32 Å². The van der Waals surface area contributed by atoms with Gasteiger partial charge in [-0.05, 0) is 56.7 Å². The van der Waals surface area contributed by atoms with Crippen LogP contribution in [0.5, 0.6) is 0 Å². The minimum Gasteiger partial charge on any atom is -0.324 e. The summed E-state index contributed by atoms with van der Waals surface area (Å²) in [5.74, 6) is -0.150. The predicted molar refractivity (Wildman–Crippen MR) is 114 cm³/mol. The van der Waals surface area contributed by atoms with E-state index in [1.165, 1.54) is 6.07 Å². The molecule has 0 spiro atoms. The summed E-state index contributed by atoms with van der Waals surface area (Å²) in [7, 11) is 0. The molecular weight excluding hydrogens is 420 g/mol. The van der Waals surface area contributed by atoms with Crippen LogP contribution in [0.1, 0.15) is 24.2 Å². The Labute approximate surface area is 169 Å². The van der Waals surface area contributed by atoms with Crippen molar-refractivity contribution in [3.8, 4) is 0 Å². The Morgan fingerprint density at radius 1 is 1.14 bits per heavy atom. The Balaban J connectivity index is 1.83. The van der Waals surface area contributed by atoms with E-state index in [0.717, 1.165) is 32.3 Å². The molecule has 1 atom stereocenters. The number of halogens is 1. The molecule has 0 bridgehead atoms. The molecule has 0 saturated heterocycles. The topological polar surface area (TPSA) is 68.4 Å². The highest BCUT2D eigenvalue weighted by atomic mass is 79.9. The van der Waals surface area contributed by atoms with Crippen LogP contribution in [0.4, 0.5) is 5.69 Å². The fourth-order valence-electron chi connectivity index (χ4n) is 3.47. The maximum atomic E-state index is 13.0. The van der Waals surface area contributed by atoms with E-state index >= 15 is 0 Å². The van der Waals surface area contributed by atoms with Crippen molar-refractivity contribution >= 4 is 44.1 Å². The number of aryl methyl sites for hydroxylation is 2. The zero-order valence-electron chi connectivity index (χ0n) is 15.7. The molecular formula is C21H19BrN4O2. The maximum absolute atomic E-state index is 13.0. The summed E-state index contributed by atoms with van der Waals surface area (Å²) in [6.07, 6.45) is 0. The molecule has 28 heavy (non-hydrogen) atoms. The number of hydrogen-bond donors (Lipinski definition) is 1. The molecule has 0 saturated carbocycles. The number of nitrogens with one attached hydrogen (secondary N) is 1. The predicted octanol–water partition coefficient (Wildman–Crippen LogP) is 4.23. The summed E-state index contributed by atoms with van der Waals surface area (Å²) in [5, 5.41) is 3.82. The van der Waals surface area contributed by atoms with Crippen molar-refractivity contribution in [1.82, 2.24) is 14.2 Å². The SMILES string of the molecule is Cc1cc(NC(=O)[C@H](C)n2c3ccccc3c3nc(=O)cc(C)n32)ccc1Br. The second-order valence-corrected chi connectivity index (χ2v) is 7.72. The van der Waals surface area contributed by atoms with Crippen LogP contribution in [0.3, 0.4) is 0 Å². The van der Waals surface area contributed by atoms with Crippen molar-refractivity contribution in [1.29, 1.82) is 0 Å². The van der Waals surface area contributed by atoms with Crippen LogP contribution in [-0.4, -0.2) is 20.1 Å². The van der Waals surface area contributed by atoms with Crippen LogP contribution in [0.25, 0.3) is 16.6 Å². The highest BCUT2D eigenvalue weighted by Gasteiger charge is 2.22. The van der Waals surface area contributed by atoms with E-state index in [4.69, 9.17) is 0 Å². The number of nitrogens with zero attached hydrogens (tertiary/aromatic N) is 3. The molecule has 2 aromatic carbocycles. The molecule has 0 fully saturated rings. The van der Waals surface area contributed by atoms with Gasteiger partial charge in [-0.2, -0.15) is 4.98 Å². The molecule has 1 amide bonds. The van der Waals surface area contributed by atoms with Crippen LogP contribution in [-0.2, 0) is 4.79 Å². The first-order valence-corrected chi connectivity index (χ1v) is 9.73. The molecule has 0 aliphatic rings. The Morgan fingerprint density at radius 2 is 1.89 bits per heavy atom. The number of anilines is 1. The maximum Gasteiger partial charge on any atom is 0.273 e. The van der Waals surface area contributed by atoms with Gasteiger partial charge < -0.3 is 5.32 Å². The summed E-state index contributed by atoms with van der Waals surface area (Å²) in [6.45, 7) is 5.65. The van der Waals surface area contributed by atoms with Crippen molar-refractivity contribution in [2.45, 2.75) is 26.8 Å². The quantitative estimate of drug-likeness (QED) is 0.520. The third-order valence-electron chi connectivity index (χ3n) is 4.86. The summed E-state index contributed by atoms with van der Waals surface area (Å²) >= 11 is 3.47. The molecule has 0 radical (unpaired) electrons. The molecule has 142 valence electrons. The number of aromatic nitrogens is 3. The van der Waals surface area contributed by atoms with E-state index in [1.54, 1.807) is 0 Å². The number of rotatable bonds is 3. The molecule has 0 aliphatic carbocycles. The van der Waals surface area contributed by atoms with Crippen LogP contribution >= 0.6 is 15.9 Å². The largest absolute Gasteiger partial charge is 0.324 e. The lowest BCUT2D eigenvalue weighted by Gasteiger charge is -2.18. The van der Waals surface area contributed by atoms with Crippen LogP contribution in [0.2, 0.25) is 0 Å². The summed E-state index contributed by atoms with van der Waals surface area (Å²) in [5.41, 5.74) is 3.62. The van der Waals surface area contributed by atoms with Gasteiger partial charge in [0.1, 0.15) is 6.04 Å². The van der Waals surface area contributed by atoms with Gasteiger partial charge in [0.25, 0.3) is 5.56 Å². The summed E-state index contributed by atoms with van der Waals surface area (Å²) < 4.78 is 4.71. The monoisotopic (exact) mass is 438 g/mol. The first kappa shape index (κ1) is 18.4. The number of fused-ring (bicyclic) bond motifs is 3. The van der Waals surface area contributed by atoms with Gasteiger partial charge in [-0.25, -0.2) is 4.52 Å². The first-order valence-electron chi connectivity index (χ1n) is 8.93. The Bertz CT molecular complexity index is 1290. The molecule has 0 aliphatic heterocycles. The minimum absolute atomic E-state index is 0.150. The van der Waals surface area contributed by atoms with E-state index in [1.807, 2.05) is 72.4 Å². The summed E-state index contributed by atoms with van der Waals surface area (Å²) in [4.78, 5) is 29.2. The second kappa shape index (κ2) is 6.91. The molecule has 2 aromatic heterocycles. The van der Waals surface area contributed by atoms with E-state index < -0.39 is 6.04 Å². The van der Waals surface area contributed by atoms with Gasteiger partial charge in [0.05, 0.1) is 5.52 Å². The third kappa shape index (κ3) is 3.01. The standard InChI is InChI=1S/C21H19BrN4O2/c1-12-10-15(8-9-17(12)22)23-21(28)14(3)26-18-7-5-4-6-16(18)20-24-19(27)11-13(2)25(20)26/h4-11,14H,1-3H3,(H,23,28)/t14-/m0/s1. The van der Waals surface area contributed by atoms with Crippen molar-refractivity contribution in [3.63, 3.8) is 0 Å². The van der Waals surface area contributed by atoms with Gasteiger partial charge in [0.15, 0.2) is 5.65 Å². The molecule has 7 heteroatoms. The molecule has 2 heterocycles. The van der Waals surface area contributed by atoms with Gasteiger partial charge in [-0.3, -0.25) is 14.3 Å². The van der Waals surface area contributed by atoms with Crippen LogP contribution in [0.15, 0.2) is 57.8 Å². The zero-order chi connectivity index (χ0) is 20.0. The number of hydrogen-bond acceptors (Lipinski definition) is 3. The smallest absolute Gasteiger partial charge is 0.273 e. The summed E-state index contributed by atoms with van der Waals surface area (Å²) in [6, 6.07) is 14.3. The Morgan fingerprint density at radius 3 is 2.64 bits per heavy atom. The fraction of sp³-hybridized carbons (Fsp3) is 0.190. The minimum atomic E-state index is -0.519. The number of para-hydroxylation sites is 1. The van der Waals surface area contributed by atoms with Crippen molar-refractivity contribution in [2.24, 2.45) is 0 Å². The molecule has 1 N–H and O–H groups in total. The van der Waals surface area contributed by atoms with Gasteiger partial charge in [-0.1, -0.05) is 28.1 Å². The third-order valence-corrected chi connectivity index (χ3v) is 5.75. The molecule has 4 rings (SSSR count). The van der Waals surface area contributed by atoms with Crippen LogP contribution in [0, 0.1) is 13.8 Å². The van der Waals surface area contributed by atoms with Gasteiger partial charge in [-0.15, -0.1) is 0 Å². The Hall–Kier alpha value is -2.93. The van der Waals surface area contributed by atoms with E-state index in [-0.39, 0.29) is 11.5 Å². The average molecular weight is 439 g/mol. The highest BCUT2D eigenvalue weighted by Crippen LogP contribution is 2.26. The highest BCUT2D eigenvalue weighted by molar-refractivity contribution is 9.10. The zero-order valence-corrected chi connectivity index (χ0v) is 17.3. The lowest BCUT2D eigenvalue weighted by atomic mass is 10.2. The number of amides is 1. The number of carbonyl (C=O) groups is 1. The number of benzene rings is 2. The lowest BCUT2D eigenvalue weighted by Crippen LogP contribution is -2.27.